The van der Waals surface area contributed by atoms with E-state index in [1.807, 2.05) is 5.38 Å². The second-order valence-corrected chi connectivity index (χ2v) is 5.49. The highest BCUT2D eigenvalue weighted by Crippen LogP contribution is 2.20. The highest BCUT2D eigenvalue weighted by atomic mass is 32.1. The maximum Gasteiger partial charge on any atom is 0.407 e. The molecule has 0 aromatic carbocycles. The van der Waals surface area contributed by atoms with E-state index in [-0.39, 0.29) is 5.91 Å². The van der Waals surface area contributed by atoms with E-state index in [1.54, 1.807) is 25.5 Å². The van der Waals surface area contributed by atoms with Crippen molar-refractivity contribution in [3.05, 3.63) is 29.7 Å². The quantitative estimate of drug-likeness (QED) is 0.816. The molecule has 2 amide bonds. The zero-order valence-electron chi connectivity index (χ0n) is 12.8. The summed E-state index contributed by atoms with van der Waals surface area (Å²) >= 11 is 1.48. The van der Waals surface area contributed by atoms with Gasteiger partial charge in [-0.05, 0) is 6.92 Å². The summed E-state index contributed by atoms with van der Waals surface area (Å²) in [6, 6.07) is -0.659. The number of thiazole rings is 1. The highest BCUT2D eigenvalue weighted by molar-refractivity contribution is 7.13. The van der Waals surface area contributed by atoms with Gasteiger partial charge in [-0.2, -0.15) is 0 Å². The van der Waals surface area contributed by atoms with Gasteiger partial charge in [0.05, 0.1) is 19.0 Å². The van der Waals surface area contributed by atoms with Gasteiger partial charge in [-0.15, -0.1) is 11.3 Å². The summed E-state index contributed by atoms with van der Waals surface area (Å²) in [6.45, 7) is 2.01. The molecule has 8 nitrogen and oxygen atoms in total. The van der Waals surface area contributed by atoms with Crippen molar-refractivity contribution in [2.75, 3.05) is 13.7 Å². The van der Waals surface area contributed by atoms with Gasteiger partial charge in [0.1, 0.15) is 16.7 Å². The van der Waals surface area contributed by atoms with Gasteiger partial charge in [0.15, 0.2) is 0 Å². The average molecular weight is 335 g/mol. The monoisotopic (exact) mass is 335 g/mol. The van der Waals surface area contributed by atoms with Crippen molar-refractivity contribution in [3.8, 4) is 10.7 Å². The van der Waals surface area contributed by atoms with E-state index < -0.39 is 12.1 Å². The molecule has 0 saturated heterocycles. The lowest BCUT2D eigenvalue weighted by Gasteiger charge is -2.12. The van der Waals surface area contributed by atoms with Crippen molar-refractivity contribution in [3.63, 3.8) is 0 Å². The molecule has 2 aromatic rings. The summed E-state index contributed by atoms with van der Waals surface area (Å²) in [6.07, 6.45) is 4.84. The summed E-state index contributed by atoms with van der Waals surface area (Å²) in [4.78, 5) is 35.5. The standard InChI is InChI=1S/C14H17N5O3S/c1-9(18-14(21)22-2)12(20)17-4-3-10-8-23-13(19-10)11-7-15-5-6-16-11/h5-9H,3-4H2,1-2H3,(H,17,20)(H,18,21). The molecule has 0 radical (unpaired) electrons. The SMILES string of the molecule is COC(=O)NC(C)C(=O)NCCc1csc(-c2cnccn2)n1. The molecule has 2 aromatic heterocycles. The molecule has 1 atom stereocenters. The minimum absolute atomic E-state index is 0.278. The lowest BCUT2D eigenvalue weighted by atomic mass is 10.3. The van der Waals surface area contributed by atoms with Gasteiger partial charge in [0, 0.05) is 30.7 Å². The summed E-state index contributed by atoms with van der Waals surface area (Å²) in [5.41, 5.74) is 1.59. The molecule has 1 unspecified atom stereocenters. The summed E-state index contributed by atoms with van der Waals surface area (Å²) in [5.74, 6) is -0.278. The molecule has 2 N–H and O–H groups in total. The predicted molar refractivity (Wildman–Crippen MR) is 84.9 cm³/mol. The lowest BCUT2D eigenvalue weighted by Crippen LogP contribution is -2.45. The first-order valence-electron chi connectivity index (χ1n) is 6.93. The summed E-state index contributed by atoms with van der Waals surface area (Å²) in [5, 5.41) is 7.85. The van der Waals surface area contributed by atoms with E-state index in [2.05, 4.69) is 30.3 Å². The Hall–Kier alpha value is -2.55. The molecule has 0 aliphatic rings. The number of methoxy groups -OCH3 is 1. The first kappa shape index (κ1) is 16.8. The molecule has 0 fully saturated rings. The zero-order chi connectivity index (χ0) is 16.7. The molecule has 0 bridgehead atoms. The normalized spacial score (nSPS) is 11.6. The van der Waals surface area contributed by atoms with Gasteiger partial charge in [0.25, 0.3) is 0 Å². The van der Waals surface area contributed by atoms with Crippen LogP contribution >= 0.6 is 11.3 Å². The van der Waals surface area contributed by atoms with Gasteiger partial charge in [0.2, 0.25) is 5.91 Å². The number of nitrogens with one attached hydrogen (secondary N) is 2. The van der Waals surface area contributed by atoms with Gasteiger partial charge < -0.3 is 15.4 Å². The summed E-state index contributed by atoms with van der Waals surface area (Å²) in [7, 11) is 1.25. The van der Waals surface area contributed by atoms with Crippen LogP contribution < -0.4 is 10.6 Å². The molecule has 0 spiro atoms. The molecule has 0 aliphatic carbocycles. The van der Waals surface area contributed by atoms with Crippen LogP contribution in [0, 0.1) is 0 Å². The van der Waals surface area contributed by atoms with Crippen LogP contribution in [0.15, 0.2) is 24.0 Å². The third kappa shape index (κ3) is 4.99. The number of aromatic nitrogens is 3. The van der Waals surface area contributed by atoms with Crippen LogP contribution in [0.25, 0.3) is 10.7 Å². The van der Waals surface area contributed by atoms with Crippen LogP contribution in [0.3, 0.4) is 0 Å². The topological polar surface area (TPSA) is 106 Å². The molecule has 23 heavy (non-hydrogen) atoms. The molecule has 122 valence electrons. The Morgan fingerprint density at radius 1 is 1.39 bits per heavy atom. The number of amides is 2. The van der Waals surface area contributed by atoms with Crippen molar-refractivity contribution in [1.29, 1.82) is 0 Å². The molecule has 0 aliphatic heterocycles. The van der Waals surface area contributed by atoms with E-state index >= 15 is 0 Å². The van der Waals surface area contributed by atoms with E-state index in [1.165, 1.54) is 18.4 Å². The first-order valence-corrected chi connectivity index (χ1v) is 7.81. The van der Waals surface area contributed by atoms with Crippen LogP contribution in [0.4, 0.5) is 4.79 Å². The Balaban J connectivity index is 1.80. The van der Waals surface area contributed by atoms with E-state index in [0.29, 0.717) is 13.0 Å². The number of ether oxygens (including phenoxy) is 1. The second-order valence-electron chi connectivity index (χ2n) is 4.63. The van der Waals surface area contributed by atoms with Crippen LogP contribution in [0.1, 0.15) is 12.6 Å². The minimum atomic E-state index is -0.659. The number of alkyl carbamates (subject to hydrolysis) is 1. The van der Waals surface area contributed by atoms with Gasteiger partial charge in [-0.1, -0.05) is 0 Å². The van der Waals surface area contributed by atoms with Crippen LogP contribution in [-0.2, 0) is 16.0 Å². The van der Waals surface area contributed by atoms with Crippen molar-refractivity contribution in [2.45, 2.75) is 19.4 Å². The van der Waals surface area contributed by atoms with Crippen LogP contribution in [0.5, 0.6) is 0 Å². The largest absolute Gasteiger partial charge is 0.453 e. The predicted octanol–water partition coefficient (Wildman–Crippen LogP) is 1.00. The third-order valence-electron chi connectivity index (χ3n) is 2.93. The molecular weight excluding hydrogens is 318 g/mol. The third-order valence-corrected chi connectivity index (χ3v) is 3.84. The highest BCUT2D eigenvalue weighted by Gasteiger charge is 2.15. The van der Waals surface area contributed by atoms with Crippen molar-refractivity contribution in [1.82, 2.24) is 25.6 Å². The summed E-state index contributed by atoms with van der Waals surface area (Å²) < 4.78 is 4.44. The average Bonchev–Trinajstić information content (AvgIpc) is 3.04. The van der Waals surface area contributed by atoms with Gasteiger partial charge in [-0.3, -0.25) is 14.8 Å². The van der Waals surface area contributed by atoms with E-state index in [9.17, 15) is 9.59 Å². The van der Waals surface area contributed by atoms with Gasteiger partial charge in [-0.25, -0.2) is 9.78 Å². The number of hydrogen-bond donors (Lipinski definition) is 2. The molecule has 2 rings (SSSR count). The fourth-order valence-corrected chi connectivity index (χ4v) is 2.53. The second kappa shape index (κ2) is 8.18. The Morgan fingerprint density at radius 3 is 2.91 bits per heavy atom. The van der Waals surface area contributed by atoms with Crippen molar-refractivity contribution in [2.24, 2.45) is 0 Å². The Morgan fingerprint density at radius 2 is 2.22 bits per heavy atom. The Kier molecular flexibility index (Phi) is 5.98. The number of carbonyl (C=O) groups is 2. The number of carbonyl (C=O) groups excluding carboxylic acids is 2. The molecule has 2 heterocycles. The number of nitrogens with zero attached hydrogens (tertiary/aromatic N) is 3. The zero-order valence-corrected chi connectivity index (χ0v) is 13.6. The minimum Gasteiger partial charge on any atom is -0.453 e. The molecular formula is C14H17N5O3S. The number of rotatable bonds is 6. The van der Waals surface area contributed by atoms with Crippen LogP contribution in [-0.4, -0.2) is 46.6 Å². The van der Waals surface area contributed by atoms with E-state index in [4.69, 9.17) is 0 Å². The maximum absolute atomic E-state index is 11.8. The number of hydrogen-bond acceptors (Lipinski definition) is 7. The fraction of sp³-hybridized carbons (Fsp3) is 0.357. The van der Waals surface area contributed by atoms with Crippen molar-refractivity contribution >= 4 is 23.3 Å². The molecule has 9 heteroatoms. The first-order chi connectivity index (χ1) is 11.1. The maximum atomic E-state index is 11.8. The Bertz CT molecular complexity index is 661. The van der Waals surface area contributed by atoms with Gasteiger partial charge >= 0.3 is 6.09 Å². The molecule has 0 saturated carbocycles. The Labute approximate surface area is 137 Å². The lowest BCUT2D eigenvalue weighted by molar-refractivity contribution is -0.122. The smallest absolute Gasteiger partial charge is 0.407 e. The fourth-order valence-electron chi connectivity index (χ4n) is 1.72. The van der Waals surface area contributed by atoms with Crippen LogP contribution in [0.2, 0.25) is 0 Å². The van der Waals surface area contributed by atoms with E-state index in [0.717, 1.165) is 16.4 Å². The van der Waals surface area contributed by atoms with Crippen molar-refractivity contribution < 1.29 is 14.3 Å².